The maximum atomic E-state index is 13.0. The number of rotatable bonds is 7. The summed E-state index contributed by atoms with van der Waals surface area (Å²) in [6, 6.07) is 6.96. The molecule has 4 rings (SSSR count). The molecule has 10 heteroatoms. The van der Waals surface area contributed by atoms with Gasteiger partial charge in [0, 0.05) is 36.1 Å². The van der Waals surface area contributed by atoms with E-state index >= 15 is 0 Å². The van der Waals surface area contributed by atoms with Crippen molar-refractivity contribution < 1.29 is 14.6 Å². The molecule has 1 amide bonds. The summed E-state index contributed by atoms with van der Waals surface area (Å²) in [5, 5.41) is 21.2. The zero-order chi connectivity index (χ0) is 21.1. The fourth-order valence-electron chi connectivity index (χ4n) is 3.19. The molecule has 3 heterocycles. The van der Waals surface area contributed by atoms with Gasteiger partial charge < -0.3 is 15.2 Å². The molecule has 2 N–H and O–H groups in total. The molecule has 0 spiro atoms. The molecule has 0 radical (unpaired) electrons. The number of hydrogen-bond donors (Lipinski definition) is 2. The highest BCUT2D eigenvalue weighted by Crippen LogP contribution is 2.37. The molecule has 1 aromatic carbocycles. The van der Waals surface area contributed by atoms with Gasteiger partial charge in [0.15, 0.2) is 5.65 Å². The van der Waals surface area contributed by atoms with Crippen LogP contribution >= 0.6 is 11.6 Å². The molecular weight excluding hydrogens is 408 g/mol. The van der Waals surface area contributed by atoms with Gasteiger partial charge in [-0.25, -0.2) is 9.50 Å². The first-order valence-electron chi connectivity index (χ1n) is 9.22. The Balaban J connectivity index is 1.76. The number of methoxy groups -OCH3 is 1. The van der Waals surface area contributed by atoms with Crippen molar-refractivity contribution in [1.29, 1.82) is 0 Å². The number of hydrogen-bond acceptors (Lipinski definition) is 6. The van der Waals surface area contributed by atoms with Gasteiger partial charge in [-0.3, -0.25) is 9.48 Å². The maximum absolute atomic E-state index is 13.0. The van der Waals surface area contributed by atoms with E-state index in [1.807, 2.05) is 0 Å². The van der Waals surface area contributed by atoms with Crippen LogP contribution in [0.1, 0.15) is 16.8 Å². The first-order valence-corrected chi connectivity index (χ1v) is 9.60. The summed E-state index contributed by atoms with van der Waals surface area (Å²) in [6.07, 6.45) is 6.85. The van der Waals surface area contributed by atoms with Crippen molar-refractivity contribution in [3.05, 3.63) is 59.6 Å². The average molecular weight is 427 g/mol. The highest BCUT2D eigenvalue weighted by atomic mass is 35.5. The lowest BCUT2D eigenvalue weighted by Crippen LogP contribution is -2.13. The molecule has 30 heavy (non-hydrogen) atoms. The minimum atomic E-state index is -0.368. The topological polar surface area (TPSA) is 107 Å². The number of anilines is 1. The van der Waals surface area contributed by atoms with Crippen LogP contribution < -0.4 is 10.1 Å². The van der Waals surface area contributed by atoms with Gasteiger partial charge in [0.2, 0.25) is 0 Å². The fraction of sp³-hybridized carbons (Fsp3) is 0.200. The minimum Gasteiger partial charge on any atom is -0.496 e. The van der Waals surface area contributed by atoms with Crippen LogP contribution in [0.15, 0.2) is 49.1 Å². The molecule has 0 bridgehead atoms. The zero-order valence-corrected chi connectivity index (χ0v) is 16.9. The number of carbonyl (C=O) groups excluding carboxylic acids is 1. The number of aromatic nitrogens is 5. The SMILES string of the molecule is COc1ccc(Cl)cc1-c1c(NC(=O)c2cnn3cccnc23)cnn1CCCO. The number of nitrogens with zero attached hydrogens (tertiary/aromatic N) is 5. The number of nitrogens with one attached hydrogen (secondary N) is 1. The van der Waals surface area contributed by atoms with Crippen LogP contribution in [0.4, 0.5) is 5.69 Å². The Morgan fingerprint density at radius 3 is 2.97 bits per heavy atom. The highest BCUT2D eigenvalue weighted by molar-refractivity contribution is 6.31. The van der Waals surface area contributed by atoms with Crippen LogP contribution in [-0.2, 0) is 6.54 Å². The van der Waals surface area contributed by atoms with E-state index < -0.39 is 0 Å². The number of aliphatic hydroxyl groups is 1. The minimum absolute atomic E-state index is 0.0156. The Morgan fingerprint density at radius 1 is 1.30 bits per heavy atom. The van der Waals surface area contributed by atoms with Crippen molar-refractivity contribution >= 4 is 28.8 Å². The maximum Gasteiger partial charge on any atom is 0.261 e. The first-order chi connectivity index (χ1) is 14.6. The van der Waals surface area contributed by atoms with E-state index in [-0.39, 0.29) is 12.5 Å². The third-order valence-electron chi connectivity index (χ3n) is 4.56. The second kappa shape index (κ2) is 8.52. The number of ether oxygens (including phenoxy) is 1. The zero-order valence-electron chi connectivity index (χ0n) is 16.1. The Kier molecular flexibility index (Phi) is 5.64. The van der Waals surface area contributed by atoms with E-state index in [2.05, 4.69) is 20.5 Å². The van der Waals surface area contributed by atoms with Crippen LogP contribution in [0.3, 0.4) is 0 Å². The molecule has 0 aliphatic rings. The summed E-state index contributed by atoms with van der Waals surface area (Å²) >= 11 is 6.22. The van der Waals surface area contributed by atoms with E-state index in [9.17, 15) is 9.90 Å². The first kappa shape index (κ1) is 19.9. The number of fused-ring (bicyclic) bond motifs is 1. The molecule has 9 nitrogen and oxygen atoms in total. The Labute approximate surface area is 176 Å². The summed E-state index contributed by atoms with van der Waals surface area (Å²) in [5.41, 5.74) is 2.57. The van der Waals surface area contributed by atoms with E-state index in [1.54, 1.807) is 54.6 Å². The summed E-state index contributed by atoms with van der Waals surface area (Å²) < 4.78 is 8.72. The molecule has 0 atom stereocenters. The van der Waals surface area contributed by atoms with Crippen LogP contribution in [0.5, 0.6) is 5.75 Å². The van der Waals surface area contributed by atoms with Gasteiger partial charge in [0.1, 0.15) is 11.3 Å². The highest BCUT2D eigenvalue weighted by Gasteiger charge is 2.21. The number of aliphatic hydroxyl groups excluding tert-OH is 1. The predicted molar refractivity (Wildman–Crippen MR) is 112 cm³/mol. The van der Waals surface area contributed by atoms with Gasteiger partial charge in [0.25, 0.3) is 5.91 Å². The van der Waals surface area contributed by atoms with Crippen LogP contribution in [0.2, 0.25) is 5.02 Å². The lowest BCUT2D eigenvalue weighted by atomic mass is 10.1. The predicted octanol–water partition coefficient (Wildman–Crippen LogP) is 2.89. The lowest BCUT2D eigenvalue weighted by molar-refractivity contribution is 0.102. The second-order valence-electron chi connectivity index (χ2n) is 6.45. The number of halogens is 1. The van der Waals surface area contributed by atoms with Crippen LogP contribution in [0.25, 0.3) is 16.9 Å². The van der Waals surface area contributed by atoms with Crippen molar-refractivity contribution in [1.82, 2.24) is 24.4 Å². The van der Waals surface area contributed by atoms with Crippen molar-refractivity contribution in [2.75, 3.05) is 19.0 Å². The lowest BCUT2D eigenvalue weighted by Gasteiger charge is -2.14. The smallest absolute Gasteiger partial charge is 0.261 e. The average Bonchev–Trinajstić information content (AvgIpc) is 3.36. The van der Waals surface area contributed by atoms with Gasteiger partial charge in [-0.15, -0.1) is 0 Å². The molecule has 0 aliphatic heterocycles. The van der Waals surface area contributed by atoms with E-state index in [1.165, 1.54) is 10.7 Å². The third-order valence-corrected chi connectivity index (χ3v) is 4.79. The van der Waals surface area contributed by atoms with E-state index in [0.29, 0.717) is 51.9 Å². The molecule has 3 aromatic heterocycles. The molecule has 0 fully saturated rings. The van der Waals surface area contributed by atoms with Crippen LogP contribution in [-0.4, -0.2) is 49.1 Å². The molecule has 154 valence electrons. The summed E-state index contributed by atoms with van der Waals surface area (Å²) in [6.45, 7) is 0.470. The third kappa shape index (κ3) is 3.72. The van der Waals surface area contributed by atoms with E-state index in [0.717, 1.165) is 0 Å². The molecule has 0 saturated carbocycles. The van der Waals surface area contributed by atoms with Crippen molar-refractivity contribution in [3.63, 3.8) is 0 Å². The van der Waals surface area contributed by atoms with Crippen molar-refractivity contribution in [2.24, 2.45) is 0 Å². The van der Waals surface area contributed by atoms with Crippen LogP contribution in [0, 0.1) is 0 Å². The van der Waals surface area contributed by atoms with Gasteiger partial charge >= 0.3 is 0 Å². The number of aryl methyl sites for hydroxylation is 1. The standard InChI is InChI=1S/C20H19ClN6O3/c1-30-17-5-4-13(21)10-14(17)18-16(12-24-26(18)8-3-9-28)25-20(29)15-11-23-27-7-2-6-22-19(15)27/h2,4-7,10-12,28H,3,8-9H2,1H3,(H,25,29). The molecular formula is C20H19ClN6O3. The molecule has 0 aliphatic carbocycles. The van der Waals surface area contributed by atoms with Gasteiger partial charge in [-0.1, -0.05) is 11.6 Å². The fourth-order valence-corrected chi connectivity index (χ4v) is 3.37. The Bertz CT molecular complexity index is 1200. The molecule has 4 aromatic rings. The van der Waals surface area contributed by atoms with E-state index in [4.69, 9.17) is 16.3 Å². The molecule has 0 saturated heterocycles. The largest absolute Gasteiger partial charge is 0.496 e. The summed E-state index contributed by atoms with van der Waals surface area (Å²) in [4.78, 5) is 17.2. The normalized spacial score (nSPS) is 11.0. The van der Waals surface area contributed by atoms with Gasteiger partial charge in [-0.2, -0.15) is 10.2 Å². The number of benzene rings is 1. The quantitative estimate of drug-likeness (QED) is 0.470. The van der Waals surface area contributed by atoms with Gasteiger partial charge in [-0.05, 0) is 30.7 Å². The van der Waals surface area contributed by atoms with Crippen molar-refractivity contribution in [3.8, 4) is 17.0 Å². The van der Waals surface area contributed by atoms with Crippen molar-refractivity contribution in [2.45, 2.75) is 13.0 Å². The monoisotopic (exact) mass is 426 g/mol. The second-order valence-corrected chi connectivity index (χ2v) is 6.89. The Morgan fingerprint density at radius 2 is 2.17 bits per heavy atom. The van der Waals surface area contributed by atoms with Gasteiger partial charge in [0.05, 0.1) is 30.9 Å². The summed E-state index contributed by atoms with van der Waals surface area (Å²) in [5.74, 6) is 0.214. The summed E-state index contributed by atoms with van der Waals surface area (Å²) in [7, 11) is 1.56. The number of amides is 1. The molecule has 0 unspecified atom stereocenters. The Hall–Kier alpha value is -3.43. The number of carbonyl (C=O) groups is 1.